The molecule has 4 aromatic carbocycles. The van der Waals surface area contributed by atoms with E-state index in [2.05, 4.69) is 4.90 Å². The molecule has 2 amide bonds. The standard InChI is InChI=1S/C31H28N4O5S/c32-21-23-12-10-22(11-13-23)20-27(31(37)35-18-16-34(17-19-35)25-7-2-1-3-8-25)40-41(38,39)28-15-14-24-6-4-5-9-26(24)29(28)30(33)36/h1-15,27H,16-20H2,(H2,33,36). The third-order valence-corrected chi connectivity index (χ3v) is 8.51. The van der Waals surface area contributed by atoms with E-state index in [-0.39, 0.29) is 12.0 Å². The summed E-state index contributed by atoms with van der Waals surface area (Å²) in [6.45, 7) is 1.90. The molecule has 0 radical (unpaired) electrons. The van der Waals surface area contributed by atoms with Gasteiger partial charge in [-0.2, -0.15) is 13.7 Å². The van der Waals surface area contributed by atoms with Crippen LogP contribution < -0.4 is 10.6 Å². The van der Waals surface area contributed by atoms with Crippen LogP contribution in [0.2, 0.25) is 0 Å². The zero-order chi connectivity index (χ0) is 29.0. The predicted molar refractivity (Wildman–Crippen MR) is 155 cm³/mol. The van der Waals surface area contributed by atoms with Crippen LogP contribution >= 0.6 is 0 Å². The molecule has 1 fully saturated rings. The first-order chi connectivity index (χ1) is 19.8. The lowest BCUT2D eigenvalue weighted by atomic mass is 10.0. The number of hydrogen-bond acceptors (Lipinski definition) is 7. The Morgan fingerprint density at radius 1 is 0.878 bits per heavy atom. The number of rotatable bonds is 8. The second-order valence-corrected chi connectivity index (χ2v) is 11.3. The minimum Gasteiger partial charge on any atom is -0.368 e. The fraction of sp³-hybridized carbons (Fsp3) is 0.194. The SMILES string of the molecule is N#Cc1ccc(CC(OS(=O)(=O)c2ccc3ccccc3c2C(N)=O)C(=O)N2CCN(c3ccccc3)CC2)cc1. The lowest BCUT2D eigenvalue weighted by Crippen LogP contribution is -2.52. The summed E-state index contributed by atoms with van der Waals surface area (Å²) in [6.07, 6.45) is -1.45. The number of primary amides is 1. The smallest absolute Gasteiger partial charge is 0.298 e. The molecule has 10 heteroatoms. The number of nitriles is 1. The van der Waals surface area contributed by atoms with E-state index < -0.39 is 32.9 Å². The van der Waals surface area contributed by atoms with Crippen LogP contribution in [0.1, 0.15) is 21.5 Å². The van der Waals surface area contributed by atoms with Crippen molar-refractivity contribution in [3.63, 3.8) is 0 Å². The van der Waals surface area contributed by atoms with Crippen LogP contribution in [-0.4, -0.2) is 57.4 Å². The van der Waals surface area contributed by atoms with E-state index in [1.165, 1.54) is 6.07 Å². The Labute approximate surface area is 238 Å². The molecule has 1 aliphatic rings. The Hall–Kier alpha value is -4.72. The van der Waals surface area contributed by atoms with Gasteiger partial charge in [0.05, 0.1) is 17.2 Å². The molecule has 208 valence electrons. The number of hydrogen-bond donors (Lipinski definition) is 1. The Morgan fingerprint density at radius 3 is 2.20 bits per heavy atom. The largest absolute Gasteiger partial charge is 0.368 e. The number of piperazine rings is 1. The van der Waals surface area contributed by atoms with E-state index in [4.69, 9.17) is 15.2 Å². The Morgan fingerprint density at radius 2 is 1.54 bits per heavy atom. The highest BCUT2D eigenvalue weighted by Gasteiger charge is 2.34. The van der Waals surface area contributed by atoms with Crippen molar-refractivity contribution < 1.29 is 22.2 Å². The van der Waals surface area contributed by atoms with E-state index in [9.17, 15) is 18.0 Å². The Balaban J connectivity index is 1.44. The zero-order valence-corrected chi connectivity index (χ0v) is 23.0. The monoisotopic (exact) mass is 568 g/mol. The molecule has 1 saturated heterocycles. The van der Waals surface area contributed by atoms with Gasteiger partial charge in [0.25, 0.3) is 21.9 Å². The summed E-state index contributed by atoms with van der Waals surface area (Å²) in [5, 5.41) is 10.2. The number of carbonyl (C=O) groups excluding carboxylic acids is 2. The summed E-state index contributed by atoms with van der Waals surface area (Å²) in [7, 11) is -4.61. The summed E-state index contributed by atoms with van der Waals surface area (Å²) >= 11 is 0. The first-order valence-electron chi connectivity index (χ1n) is 13.1. The molecule has 0 spiro atoms. The van der Waals surface area contributed by atoms with Crippen molar-refractivity contribution in [2.24, 2.45) is 5.73 Å². The van der Waals surface area contributed by atoms with E-state index in [0.717, 1.165) is 5.69 Å². The molecule has 1 heterocycles. The second kappa shape index (κ2) is 11.8. The normalized spacial score (nSPS) is 14.4. The van der Waals surface area contributed by atoms with E-state index >= 15 is 0 Å². The zero-order valence-electron chi connectivity index (χ0n) is 22.1. The number of amides is 2. The summed E-state index contributed by atoms with van der Waals surface area (Å²) in [4.78, 5) is 29.6. The summed E-state index contributed by atoms with van der Waals surface area (Å²) < 4.78 is 33.0. The highest BCUT2D eigenvalue weighted by Crippen LogP contribution is 2.28. The van der Waals surface area contributed by atoms with Crippen molar-refractivity contribution in [1.82, 2.24) is 4.90 Å². The third kappa shape index (κ3) is 6.06. The molecule has 5 rings (SSSR count). The van der Waals surface area contributed by atoms with Crippen molar-refractivity contribution in [3.8, 4) is 6.07 Å². The van der Waals surface area contributed by atoms with Crippen molar-refractivity contribution in [2.75, 3.05) is 31.1 Å². The molecule has 2 N–H and O–H groups in total. The maximum Gasteiger partial charge on any atom is 0.298 e. The molecule has 41 heavy (non-hydrogen) atoms. The first-order valence-corrected chi connectivity index (χ1v) is 14.5. The number of anilines is 1. The lowest BCUT2D eigenvalue weighted by molar-refractivity contribution is -0.138. The molecule has 0 bridgehead atoms. The molecule has 0 aromatic heterocycles. The lowest BCUT2D eigenvalue weighted by Gasteiger charge is -2.37. The topological polar surface area (TPSA) is 134 Å². The van der Waals surface area contributed by atoms with Crippen LogP contribution in [0.25, 0.3) is 10.8 Å². The summed E-state index contributed by atoms with van der Waals surface area (Å²) in [5.74, 6) is -1.40. The van der Waals surface area contributed by atoms with E-state index in [1.54, 1.807) is 59.5 Å². The number of fused-ring (bicyclic) bond motifs is 1. The second-order valence-electron chi connectivity index (χ2n) is 9.72. The van der Waals surface area contributed by atoms with Gasteiger partial charge >= 0.3 is 0 Å². The van der Waals surface area contributed by atoms with Gasteiger partial charge < -0.3 is 15.5 Å². The van der Waals surface area contributed by atoms with Crippen LogP contribution in [0.5, 0.6) is 0 Å². The number of carbonyl (C=O) groups is 2. The molecule has 0 saturated carbocycles. The van der Waals surface area contributed by atoms with Gasteiger partial charge in [0.15, 0.2) is 6.10 Å². The maximum atomic E-state index is 13.8. The van der Waals surface area contributed by atoms with Gasteiger partial charge in [0, 0.05) is 38.3 Å². The third-order valence-electron chi connectivity index (χ3n) is 7.14. The van der Waals surface area contributed by atoms with Crippen molar-refractivity contribution >= 4 is 38.4 Å². The van der Waals surface area contributed by atoms with E-state index in [0.29, 0.717) is 48.1 Å². The van der Waals surface area contributed by atoms with Crippen LogP contribution in [0.15, 0.2) is 95.9 Å². The highest BCUT2D eigenvalue weighted by atomic mass is 32.2. The van der Waals surface area contributed by atoms with Gasteiger partial charge in [0.2, 0.25) is 0 Å². The predicted octanol–water partition coefficient (Wildman–Crippen LogP) is 3.48. The minimum absolute atomic E-state index is 0.0534. The number of benzene rings is 4. The fourth-order valence-electron chi connectivity index (χ4n) is 5.04. The van der Waals surface area contributed by atoms with Crippen molar-refractivity contribution in [1.29, 1.82) is 5.26 Å². The molecule has 9 nitrogen and oxygen atoms in total. The minimum atomic E-state index is -4.61. The number of nitrogens with zero attached hydrogens (tertiary/aromatic N) is 3. The summed E-state index contributed by atoms with van der Waals surface area (Å²) in [5.41, 5.74) is 7.54. The first kappa shape index (κ1) is 27.8. The fourth-order valence-corrected chi connectivity index (χ4v) is 6.29. The van der Waals surface area contributed by atoms with Crippen LogP contribution in [0, 0.1) is 11.3 Å². The van der Waals surface area contributed by atoms with Crippen molar-refractivity contribution in [3.05, 3.63) is 108 Å². The van der Waals surface area contributed by atoms with E-state index in [1.807, 2.05) is 36.4 Å². The molecular formula is C31H28N4O5S. The van der Waals surface area contributed by atoms with Crippen molar-refractivity contribution in [2.45, 2.75) is 17.4 Å². The average molecular weight is 569 g/mol. The molecular weight excluding hydrogens is 540 g/mol. The maximum absolute atomic E-state index is 13.8. The average Bonchev–Trinajstić information content (AvgIpc) is 3.00. The Bertz CT molecular complexity index is 1730. The molecule has 4 aromatic rings. The van der Waals surface area contributed by atoms with Crippen LogP contribution in [0.3, 0.4) is 0 Å². The molecule has 1 aliphatic heterocycles. The van der Waals surface area contributed by atoms with Gasteiger partial charge in [0.1, 0.15) is 4.90 Å². The number of nitrogens with two attached hydrogens (primary N) is 1. The highest BCUT2D eigenvalue weighted by molar-refractivity contribution is 7.87. The van der Waals surface area contributed by atoms with Crippen LogP contribution in [-0.2, 0) is 25.5 Å². The van der Waals surface area contributed by atoms with Gasteiger partial charge in [-0.05, 0) is 46.7 Å². The molecule has 1 atom stereocenters. The van der Waals surface area contributed by atoms with Gasteiger partial charge in [-0.3, -0.25) is 13.8 Å². The molecule has 0 aliphatic carbocycles. The van der Waals surface area contributed by atoms with Crippen LogP contribution in [0.4, 0.5) is 5.69 Å². The Kier molecular flexibility index (Phi) is 8.01. The van der Waals surface area contributed by atoms with Gasteiger partial charge in [-0.1, -0.05) is 60.7 Å². The van der Waals surface area contributed by atoms with Gasteiger partial charge in [-0.25, -0.2) is 0 Å². The number of para-hydroxylation sites is 1. The van der Waals surface area contributed by atoms with Gasteiger partial charge in [-0.15, -0.1) is 0 Å². The quantitative estimate of drug-likeness (QED) is 0.322. The summed E-state index contributed by atoms with van der Waals surface area (Å²) in [6, 6.07) is 28.0. The molecule has 1 unspecified atom stereocenters.